The fraction of sp³-hybridized carbons (Fsp3) is 0.333. The first kappa shape index (κ1) is 13.0. The number of aliphatic hydroxyl groups excluding tert-OH is 1. The summed E-state index contributed by atoms with van der Waals surface area (Å²) in [6.45, 7) is 1.65. The monoisotopic (exact) mass is 267 g/mol. The summed E-state index contributed by atoms with van der Waals surface area (Å²) in [6.07, 6.45) is 1.91. The minimum atomic E-state index is -1.43. The summed E-state index contributed by atoms with van der Waals surface area (Å²) in [4.78, 5) is 3.81. The van der Waals surface area contributed by atoms with Gasteiger partial charge in [0.15, 0.2) is 0 Å². The van der Waals surface area contributed by atoms with E-state index in [0.717, 1.165) is 0 Å². The molecular formula is C12H14ClN3O2. The molecule has 5 nitrogen and oxygen atoms in total. The average Bonchev–Trinajstić information content (AvgIpc) is 2.82. The van der Waals surface area contributed by atoms with Crippen molar-refractivity contribution in [1.29, 1.82) is 0 Å². The predicted molar refractivity (Wildman–Crippen MR) is 67.1 cm³/mol. The highest BCUT2D eigenvalue weighted by Crippen LogP contribution is 2.28. The van der Waals surface area contributed by atoms with Crippen molar-refractivity contribution in [2.24, 2.45) is 0 Å². The Labute approximate surface area is 110 Å². The van der Waals surface area contributed by atoms with Crippen LogP contribution in [0.3, 0.4) is 0 Å². The van der Waals surface area contributed by atoms with Crippen LogP contribution < -0.4 is 0 Å². The highest BCUT2D eigenvalue weighted by atomic mass is 35.5. The molecule has 2 atom stereocenters. The Morgan fingerprint density at radius 1 is 1.39 bits per heavy atom. The van der Waals surface area contributed by atoms with E-state index in [1.165, 1.54) is 24.3 Å². The molecule has 2 aromatic rings. The lowest BCUT2D eigenvalue weighted by atomic mass is 9.89. The number of aromatic nitrogens is 3. The van der Waals surface area contributed by atoms with Gasteiger partial charge in [0.1, 0.15) is 18.3 Å². The number of nitrogens with zero attached hydrogens (tertiary/aromatic N) is 3. The number of rotatable bonds is 4. The summed E-state index contributed by atoms with van der Waals surface area (Å²) < 4.78 is 1.47. The molecule has 0 radical (unpaired) electrons. The Kier molecular flexibility index (Phi) is 3.65. The normalized spacial score (nSPS) is 16.2. The quantitative estimate of drug-likeness (QED) is 0.873. The smallest absolute Gasteiger partial charge is 0.137 e. The number of aliphatic hydroxyl groups is 2. The van der Waals surface area contributed by atoms with E-state index < -0.39 is 11.7 Å². The molecule has 1 aromatic carbocycles. The summed E-state index contributed by atoms with van der Waals surface area (Å²) in [5.41, 5.74) is -0.851. The lowest BCUT2D eigenvalue weighted by molar-refractivity contribution is -0.0852. The van der Waals surface area contributed by atoms with Crippen LogP contribution in [0.1, 0.15) is 12.5 Å². The highest BCUT2D eigenvalue weighted by molar-refractivity contribution is 6.30. The van der Waals surface area contributed by atoms with Gasteiger partial charge in [0, 0.05) is 5.02 Å². The number of halogens is 1. The number of hydrogen-bond acceptors (Lipinski definition) is 4. The lowest BCUT2D eigenvalue weighted by Gasteiger charge is -2.31. The zero-order valence-corrected chi connectivity index (χ0v) is 10.6. The van der Waals surface area contributed by atoms with Gasteiger partial charge in [0.2, 0.25) is 0 Å². The average molecular weight is 268 g/mol. The molecule has 0 saturated heterocycles. The molecule has 6 heteroatoms. The standard InChI is InChI=1S/C12H14ClN3O2/c1-9(17)12(18,6-16-8-14-7-15-16)10-2-4-11(13)5-3-10/h2-5,7-9,17-18H,6H2,1H3/t9-,12-/m1/s1. The van der Waals surface area contributed by atoms with E-state index in [0.29, 0.717) is 10.6 Å². The summed E-state index contributed by atoms with van der Waals surface area (Å²) in [5, 5.41) is 25.0. The highest BCUT2D eigenvalue weighted by Gasteiger charge is 2.35. The van der Waals surface area contributed by atoms with Gasteiger partial charge in [-0.15, -0.1) is 0 Å². The van der Waals surface area contributed by atoms with Gasteiger partial charge < -0.3 is 10.2 Å². The van der Waals surface area contributed by atoms with Gasteiger partial charge >= 0.3 is 0 Å². The van der Waals surface area contributed by atoms with Crippen molar-refractivity contribution in [3.63, 3.8) is 0 Å². The summed E-state index contributed by atoms with van der Waals surface area (Å²) in [6, 6.07) is 6.72. The first-order chi connectivity index (χ1) is 8.52. The number of hydrogen-bond donors (Lipinski definition) is 2. The van der Waals surface area contributed by atoms with Gasteiger partial charge in [-0.05, 0) is 24.6 Å². The molecule has 0 aliphatic rings. The van der Waals surface area contributed by atoms with Crippen LogP contribution in [-0.4, -0.2) is 31.1 Å². The Morgan fingerprint density at radius 3 is 2.56 bits per heavy atom. The molecule has 0 spiro atoms. The summed E-state index contributed by atoms with van der Waals surface area (Å²) in [5.74, 6) is 0. The van der Waals surface area contributed by atoms with Crippen molar-refractivity contribution in [3.8, 4) is 0 Å². The molecule has 0 amide bonds. The maximum atomic E-state index is 10.6. The van der Waals surface area contributed by atoms with Gasteiger partial charge in [0.25, 0.3) is 0 Å². The van der Waals surface area contributed by atoms with Gasteiger partial charge in [-0.3, -0.25) is 0 Å². The van der Waals surface area contributed by atoms with E-state index >= 15 is 0 Å². The Hall–Kier alpha value is -1.43. The molecule has 0 fully saturated rings. The largest absolute Gasteiger partial charge is 0.390 e. The van der Waals surface area contributed by atoms with Crippen LogP contribution in [0.5, 0.6) is 0 Å². The molecule has 2 rings (SSSR count). The van der Waals surface area contributed by atoms with E-state index in [1.54, 1.807) is 24.3 Å². The van der Waals surface area contributed by atoms with Crippen molar-refractivity contribution in [1.82, 2.24) is 14.8 Å². The van der Waals surface area contributed by atoms with E-state index in [4.69, 9.17) is 11.6 Å². The van der Waals surface area contributed by atoms with Crippen molar-refractivity contribution in [2.75, 3.05) is 0 Å². The SMILES string of the molecule is C[C@@H](O)[C@](O)(Cn1cncn1)c1ccc(Cl)cc1. The van der Waals surface area contributed by atoms with Crippen molar-refractivity contribution >= 4 is 11.6 Å². The minimum Gasteiger partial charge on any atom is -0.390 e. The Balaban J connectivity index is 2.34. The zero-order chi connectivity index (χ0) is 13.2. The maximum absolute atomic E-state index is 10.6. The number of benzene rings is 1. The molecule has 0 aliphatic heterocycles. The van der Waals surface area contributed by atoms with Crippen LogP contribution in [0.2, 0.25) is 5.02 Å². The van der Waals surface area contributed by atoms with Gasteiger partial charge in [-0.25, -0.2) is 9.67 Å². The van der Waals surface area contributed by atoms with Crippen LogP contribution in [0.15, 0.2) is 36.9 Å². The van der Waals surface area contributed by atoms with E-state index in [9.17, 15) is 10.2 Å². The fourth-order valence-electron chi connectivity index (χ4n) is 1.76. The van der Waals surface area contributed by atoms with E-state index in [1.807, 2.05) is 0 Å². The second kappa shape index (κ2) is 5.06. The molecule has 0 unspecified atom stereocenters. The first-order valence-corrected chi connectivity index (χ1v) is 5.89. The fourth-order valence-corrected chi connectivity index (χ4v) is 1.89. The third kappa shape index (κ3) is 2.53. The van der Waals surface area contributed by atoms with E-state index in [-0.39, 0.29) is 6.54 Å². The molecule has 1 aromatic heterocycles. The molecule has 1 heterocycles. The summed E-state index contributed by atoms with van der Waals surface area (Å²) >= 11 is 5.81. The van der Waals surface area contributed by atoms with Crippen molar-refractivity contribution in [3.05, 3.63) is 47.5 Å². The topological polar surface area (TPSA) is 71.2 Å². The molecule has 0 aliphatic carbocycles. The predicted octanol–water partition coefficient (Wildman–Crippen LogP) is 1.20. The van der Waals surface area contributed by atoms with E-state index in [2.05, 4.69) is 10.1 Å². The zero-order valence-electron chi connectivity index (χ0n) is 9.86. The van der Waals surface area contributed by atoms with Crippen LogP contribution in [0.4, 0.5) is 0 Å². The third-order valence-electron chi connectivity index (χ3n) is 2.90. The van der Waals surface area contributed by atoms with Crippen molar-refractivity contribution in [2.45, 2.75) is 25.2 Å². The van der Waals surface area contributed by atoms with Crippen LogP contribution in [0, 0.1) is 0 Å². The third-order valence-corrected chi connectivity index (χ3v) is 3.16. The lowest BCUT2D eigenvalue weighted by Crippen LogP contribution is -2.41. The van der Waals surface area contributed by atoms with Gasteiger partial charge in [-0.1, -0.05) is 23.7 Å². The minimum absolute atomic E-state index is 0.117. The van der Waals surface area contributed by atoms with Crippen LogP contribution in [-0.2, 0) is 12.1 Å². The first-order valence-electron chi connectivity index (χ1n) is 5.51. The molecule has 2 N–H and O–H groups in total. The summed E-state index contributed by atoms with van der Waals surface area (Å²) in [7, 11) is 0. The van der Waals surface area contributed by atoms with Gasteiger partial charge in [-0.2, -0.15) is 5.10 Å². The molecule has 96 valence electrons. The van der Waals surface area contributed by atoms with Crippen LogP contribution >= 0.6 is 11.6 Å². The molecule has 18 heavy (non-hydrogen) atoms. The second-order valence-corrected chi connectivity index (χ2v) is 4.64. The Bertz CT molecular complexity index is 499. The van der Waals surface area contributed by atoms with Crippen molar-refractivity contribution < 1.29 is 10.2 Å². The molecule has 0 saturated carbocycles. The maximum Gasteiger partial charge on any atom is 0.137 e. The second-order valence-electron chi connectivity index (χ2n) is 4.20. The molecular weight excluding hydrogens is 254 g/mol. The Morgan fingerprint density at radius 2 is 2.06 bits per heavy atom. The van der Waals surface area contributed by atoms with Crippen LogP contribution in [0.25, 0.3) is 0 Å². The molecule has 0 bridgehead atoms. The van der Waals surface area contributed by atoms with Gasteiger partial charge in [0.05, 0.1) is 12.6 Å².